The lowest BCUT2D eigenvalue weighted by atomic mass is 10.1. The minimum atomic E-state index is -0.559. The molecule has 1 fully saturated rings. The smallest absolute Gasteiger partial charge is 0.0900 e. The fourth-order valence-electron chi connectivity index (χ4n) is 2.52. The van der Waals surface area contributed by atoms with E-state index in [9.17, 15) is 5.11 Å². The van der Waals surface area contributed by atoms with Gasteiger partial charge in [-0.25, -0.2) is 0 Å². The molecule has 0 heterocycles. The Balaban J connectivity index is 2.20. The van der Waals surface area contributed by atoms with E-state index in [1.807, 2.05) is 4.90 Å². The maximum absolute atomic E-state index is 9.89. The molecule has 0 aromatic heterocycles. The molecular formula is C13H27NO4. The molecule has 5 heteroatoms. The normalized spacial score (nSPS) is 25.8. The van der Waals surface area contributed by atoms with Gasteiger partial charge in [0, 0.05) is 19.6 Å². The summed E-state index contributed by atoms with van der Waals surface area (Å²) in [4.78, 5) is 1.84. The number of rotatable bonds is 9. The van der Waals surface area contributed by atoms with Gasteiger partial charge in [0.2, 0.25) is 0 Å². The van der Waals surface area contributed by atoms with E-state index < -0.39 is 6.10 Å². The minimum Gasteiger partial charge on any atom is -0.395 e. The third-order valence-corrected chi connectivity index (χ3v) is 3.59. The van der Waals surface area contributed by atoms with Crippen molar-refractivity contribution in [1.29, 1.82) is 0 Å². The Morgan fingerprint density at radius 2 is 1.89 bits per heavy atom. The van der Waals surface area contributed by atoms with Gasteiger partial charge in [-0.05, 0) is 18.8 Å². The molecule has 1 aliphatic rings. The third-order valence-electron chi connectivity index (χ3n) is 3.59. The number of ether oxygens (including phenoxy) is 1. The second-order valence-corrected chi connectivity index (χ2v) is 5.18. The van der Waals surface area contributed by atoms with Crippen LogP contribution in [0, 0.1) is 5.92 Å². The summed E-state index contributed by atoms with van der Waals surface area (Å²) in [6.07, 6.45) is 3.23. The van der Waals surface area contributed by atoms with Gasteiger partial charge in [-0.3, -0.25) is 4.90 Å². The number of hydrogen-bond donors (Lipinski definition) is 3. The molecule has 18 heavy (non-hydrogen) atoms. The van der Waals surface area contributed by atoms with Crippen molar-refractivity contribution in [2.75, 3.05) is 39.5 Å². The van der Waals surface area contributed by atoms with Gasteiger partial charge in [0.05, 0.1) is 32.0 Å². The predicted molar refractivity (Wildman–Crippen MR) is 69.4 cm³/mol. The van der Waals surface area contributed by atoms with Crippen LogP contribution in [0.5, 0.6) is 0 Å². The van der Waals surface area contributed by atoms with Crippen LogP contribution in [0.3, 0.4) is 0 Å². The van der Waals surface area contributed by atoms with Crippen molar-refractivity contribution in [3.8, 4) is 0 Å². The summed E-state index contributed by atoms with van der Waals surface area (Å²) in [6, 6.07) is 0. The summed E-state index contributed by atoms with van der Waals surface area (Å²) in [6.45, 7) is 3.97. The first-order valence-corrected chi connectivity index (χ1v) is 6.91. The van der Waals surface area contributed by atoms with Crippen molar-refractivity contribution >= 4 is 0 Å². The molecule has 108 valence electrons. The molecular weight excluding hydrogens is 234 g/mol. The van der Waals surface area contributed by atoms with E-state index in [2.05, 4.69) is 6.92 Å². The average Bonchev–Trinajstić information content (AvgIpc) is 2.73. The molecule has 3 N–H and O–H groups in total. The van der Waals surface area contributed by atoms with Crippen molar-refractivity contribution in [1.82, 2.24) is 4.90 Å². The van der Waals surface area contributed by atoms with E-state index in [0.29, 0.717) is 32.2 Å². The van der Waals surface area contributed by atoms with Gasteiger partial charge in [0.25, 0.3) is 0 Å². The molecule has 0 amide bonds. The van der Waals surface area contributed by atoms with Gasteiger partial charge < -0.3 is 20.1 Å². The van der Waals surface area contributed by atoms with Crippen LogP contribution in [0.2, 0.25) is 0 Å². The van der Waals surface area contributed by atoms with E-state index in [1.54, 1.807) is 0 Å². The van der Waals surface area contributed by atoms with Crippen molar-refractivity contribution in [2.45, 2.75) is 38.4 Å². The van der Waals surface area contributed by atoms with Crippen LogP contribution in [0.25, 0.3) is 0 Å². The van der Waals surface area contributed by atoms with Crippen LogP contribution in [0.4, 0.5) is 0 Å². The standard InChI is InChI=1S/C13H27NO4/c1-11-3-2-4-13(11)18-10-12(17)9-14(5-7-15)6-8-16/h11-13,15-17H,2-10H2,1H3. The first kappa shape index (κ1) is 15.9. The van der Waals surface area contributed by atoms with Crippen molar-refractivity contribution in [3.63, 3.8) is 0 Å². The minimum absolute atomic E-state index is 0.0350. The van der Waals surface area contributed by atoms with Gasteiger partial charge in [-0.2, -0.15) is 0 Å². The predicted octanol–water partition coefficient (Wildman–Crippen LogP) is -0.161. The first-order chi connectivity index (χ1) is 8.67. The largest absolute Gasteiger partial charge is 0.395 e. The van der Waals surface area contributed by atoms with E-state index in [0.717, 1.165) is 6.42 Å². The number of aliphatic hydroxyl groups excluding tert-OH is 3. The van der Waals surface area contributed by atoms with Crippen LogP contribution < -0.4 is 0 Å². The summed E-state index contributed by atoms with van der Waals surface area (Å²) < 4.78 is 5.73. The summed E-state index contributed by atoms with van der Waals surface area (Å²) in [5.74, 6) is 0.586. The molecule has 5 nitrogen and oxygen atoms in total. The first-order valence-electron chi connectivity index (χ1n) is 6.91. The molecule has 1 rings (SSSR count). The lowest BCUT2D eigenvalue weighted by Crippen LogP contribution is -2.39. The third kappa shape index (κ3) is 5.63. The van der Waals surface area contributed by atoms with E-state index in [-0.39, 0.29) is 19.3 Å². The molecule has 1 saturated carbocycles. The van der Waals surface area contributed by atoms with E-state index in [4.69, 9.17) is 14.9 Å². The molecule has 3 unspecified atom stereocenters. The van der Waals surface area contributed by atoms with Gasteiger partial charge in [-0.1, -0.05) is 13.3 Å². The zero-order chi connectivity index (χ0) is 13.4. The Hall–Kier alpha value is -0.200. The van der Waals surface area contributed by atoms with E-state index in [1.165, 1.54) is 12.8 Å². The SMILES string of the molecule is CC1CCCC1OCC(O)CN(CCO)CCO. The Bertz CT molecular complexity index is 209. The van der Waals surface area contributed by atoms with Crippen LogP contribution in [0.15, 0.2) is 0 Å². The molecule has 0 spiro atoms. The maximum atomic E-state index is 9.89. The molecule has 0 aromatic rings. The van der Waals surface area contributed by atoms with Crippen molar-refractivity contribution < 1.29 is 20.1 Å². The number of nitrogens with zero attached hydrogens (tertiary/aromatic N) is 1. The summed E-state index contributed by atoms with van der Waals surface area (Å²) in [5, 5.41) is 27.6. The maximum Gasteiger partial charge on any atom is 0.0900 e. The van der Waals surface area contributed by atoms with Gasteiger partial charge >= 0.3 is 0 Å². The molecule has 0 radical (unpaired) electrons. The zero-order valence-electron chi connectivity index (χ0n) is 11.3. The van der Waals surface area contributed by atoms with Gasteiger partial charge in [0.15, 0.2) is 0 Å². The lowest BCUT2D eigenvalue weighted by Gasteiger charge is -2.25. The molecule has 0 aliphatic heterocycles. The molecule has 0 saturated heterocycles. The van der Waals surface area contributed by atoms with Crippen molar-refractivity contribution in [2.24, 2.45) is 5.92 Å². The van der Waals surface area contributed by atoms with Crippen LogP contribution >= 0.6 is 0 Å². The Morgan fingerprint density at radius 1 is 1.22 bits per heavy atom. The Kier molecular flexibility index (Phi) is 7.77. The average molecular weight is 261 g/mol. The van der Waals surface area contributed by atoms with Crippen molar-refractivity contribution in [3.05, 3.63) is 0 Å². The van der Waals surface area contributed by atoms with Crippen LogP contribution in [-0.4, -0.2) is 71.9 Å². The summed E-state index contributed by atoms with van der Waals surface area (Å²) in [7, 11) is 0. The fourth-order valence-corrected chi connectivity index (χ4v) is 2.52. The fraction of sp³-hybridized carbons (Fsp3) is 1.00. The van der Waals surface area contributed by atoms with Gasteiger partial charge in [-0.15, -0.1) is 0 Å². The second-order valence-electron chi connectivity index (χ2n) is 5.18. The van der Waals surface area contributed by atoms with Crippen LogP contribution in [0.1, 0.15) is 26.2 Å². The van der Waals surface area contributed by atoms with E-state index >= 15 is 0 Å². The Morgan fingerprint density at radius 3 is 2.39 bits per heavy atom. The number of aliphatic hydroxyl groups is 3. The molecule has 1 aliphatic carbocycles. The van der Waals surface area contributed by atoms with Gasteiger partial charge in [0.1, 0.15) is 0 Å². The van der Waals surface area contributed by atoms with Crippen LogP contribution in [-0.2, 0) is 4.74 Å². The highest BCUT2D eigenvalue weighted by Crippen LogP contribution is 2.27. The quantitative estimate of drug-likeness (QED) is 0.538. The monoisotopic (exact) mass is 261 g/mol. The molecule has 0 bridgehead atoms. The Labute approximate surface area is 109 Å². The highest BCUT2D eigenvalue weighted by atomic mass is 16.5. The molecule has 3 atom stereocenters. The highest BCUT2D eigenvalue weighted by molar-refractivity contribution is 4.75. The lowest BCUT2D eigenvalue weighted by molar-refractivity contribution is -0.0338. The number of hydrogen-bond acceptors (Lipinski definition) is 5. The highest BCUT2D eigenvalue weighted by Gasteiger charge is 2.24. The summed E-state index contributed by atoms with van der Waals surface area (Å²) in [5.41, 5.74) is 0. The molecule has 0 aromatic carbocycles. The second kappa shape index (κ2) is 8.82. The summed E-state index contributed by atoms with van der Waals surface area (Å²) >= 11 is 0. The topological polar surface area (TPSA) is 73.2 Å². The zero-order valence-corrected chi connectivity index (χ0v) is 11.3.